The summed E-state index contributed by atoms with van der Waals surface area (Å²) in [5, 5.41) is 11.1. The van der Waals surface area contributed by atoms with Crippen LogP contribution in [0, 0.1) is 5.92 Å². The van der Waals surface area contributed by atoms with Gasteiger partial charge in [0.25, 0.3) is 5.91 Å². The van der Waals surface area contributed by atoms with Crippen molar-refractivity contribution in [3.8, 4) is 17.3 Å². The monoisotopic (exact) mass is 427 g/mol. The molecule has 1 aromatic carbocycles. The molecule has 0 fully saturated rings. The van der Waals surface area contributed by atoms with Gasteiger partial charge in [-0.15, -0.1) is 10.2 Å². The smallest absolute Gasteiger partial charge is 0.260 e. The predicted molar refractivity (Wildman–Crippen MR) is 105 cm³/mol. The lowest BCUT2D eigenvalue weighted by Crippen LogP contribution is -2.18. The van der Waals surface area contributed by atoms with Crippen LogP contribution < -0.4 is 10.1 Å². The van der Waals surface area contributed by atoms with Gasteiger partial charge in [-0.05, 0) is 42.7 Å². The Hall–Kier alpha value is -2.74. The lowest BCUT2D eigenvalue weighted by Gasteiger charge is -2.17. The molecule has 4 rings (SSSR count). The van der Waals surface area contributed by atoms with Crippen molar-refractivity contribution in [2.45, 2.75) is 19.9 Å². The van der Waals surface area contributed by atoms with Gasteiger partial charge in [0.1, 0.15) is 23.6 Å². The highest BCUT2D eigenvalue weighted by molar-refractivity contribution is 9.10. The van der Waals surface area contributed by atoms with E-state index in [-0.39, 0.29) is 5.91 Å². The Morgan fingerprint density at radius 1 is 1.30 bits per heavy atom. The highest BCUT2D eigenvalue weighted by Gasteiger charge is 2.18. The molecule has 2 bridgehead atoms. The van der Waals surface area contributed by atoms with E-state index >= 15 is 0 Å². The fourth-order valence-corrected chi connectivity index (χ4v) is 3.27. The summed E-state index contributed by atoms with van der Waals surface area (Å²) in [5.41, 5.74) is 1.13. The molecule has 1 amide bonds. The van der Waals surface area contributed by atoms with E-state index in [1.165, 1.54) is 0 Å². The summed E-state index contributed by atoms with van der Waals surface area (Å²) in [4.78, 5) is 17.4. The summed E-state index contributed by atoms with van der Waals surface area (Å²) >= 11 is 3.42. The molecule has 7 nitrogen and oxygen atoms in total. The van der Waals surface area contributed by atoms with Gasteiger partial charge in [-0.25, -0.2) is 4.98 Å². The van der Waals surface area contributed by atoms with Gasteiger partial charge in [0.15, 0.2) is 5.82 Å². The van der Waals surface area contributed by atoms with Crippen LogP contribution in [0.25, 0.3) is 11.5 Å². The SMILES string of the molecule is CC1CCn2cnnc2-c2cccc(n2)NC(=O)c2cc(Br)ccc2OC1. The summed E-state index contributed by atoms with van der Waals surface area (Å²) in [5.74, 6) is 1.70. The quantitative estimate of drug-likeness (QED) is 0.590. The summed E-state index contributed by atoms with van der Waals surface area (Å²) < 4.78 is 8.73. The van der Waals surface area contributed by atoms with Crippen molar-refractivity contribution in [3.63, 3.8) is 0 Å². The molecule has 0 saturated carbocycles. The summed E-state index contributed by atoms with van der Waals surface area (Å²) in [6, 6.07) is 10.9. The Morgan fingerprint density at radius 3 is 3.07 bits per heavy atom. The van der Waals surface area contributed by atoms with Crippen molar-refractivity contribution in [3.05, 3.63) is 52.8 Å². The molecule has 1 aliphatic heterocycles. The second kappa shape index (κ2) is 7.48. The Bertz CT molecular complexity index is 988. The van der Waals surface area contributed by atoms with Crippen molar-refractivity contribution in [2.75, 3.05) is 11.9 Å². The number of nitrogens with one attached hydrogen (secondary N) is 1. The average Bonchev–Trinajstić information content (AvgIpc) is 3.13. The van der Waals surface area contributed by atoms with Gasteiger partial charge in [0.2, 0.25) is 0 Å². The molecule has 27 heavy (non-hydrogen) atoms. The second-order valence-corrected chi connectivity index (χ2v) is 7.47. The first-order valence-corrected chi connectivity index (χ1v) is 9.48. The molecule has 1 aliphatic rings. The molecule has 8 heteroatoms. The highest BCUT2D eigenvalue weighted by Crippen LogP contribution is 2.26. The number of rotatable bonds is 0. The number of pyridine rings is 1. The van der Waals surface area contributed by atoms with Crippen LogP contribution in [0.5, 0.6) is 5.75 Å². The maximum Gasteiger partial charge on any atom is 0.260 e. The number of hydrogen-bond donors (Lipinski definition) is 1. The number of halogens is 1. The van der Waals surface area contributed by atoms with E-state index in [4.69, 9.17) is 4.74 Å². The number of carbonyl (C=O) groups is 1. The summed E-state index contributed by atoms with van der Waals surface area (Å²) in [6.07, 6.45) is 2.59. The third-order valence-corrected chi connectivity index (χ3v) is 4.90. The number of amides is 1. The van der Waals surface area contributed by atoms with E-state index < -0.39 is 0 Å². The van der Waals surface area contributed by atoms with E-state index in [1.807, 2.05) is 22.8 Å². The number of hydrogen-bond acceptors (Lipinski definition) is 5. The number of aryl methyl sites for hydroxylation is 1. The fourth-order valence-electron chi connectivity index (χ4n) is 2.91. The van der Waals surface area contributed by atoms with Crippen molar-refractivity contribution in [2.24, 2.45) is 5.92 Å². The fraction of sp³-hybridized carbons (Fsp3) is 0.263. The molecular weight excluding hydrogens is 410 g/mol. The highest BCUT2D eigenvalue weighted by atomic mass is 79.9. The molecule has 3 aromatic rings. The number of ether oxygens (including phenoxy) is 1. The first kappa shape index (κ1) is 17.7. The van der Waals surface area contributed by atoms with Gasteiger partial charge in [-0.2, -0.15) is 0 Å². The van der Waals surface area contributed by atoms with E-state index in [0.717, 1.165) is 17.4 Å². The van der Waals surface area contributed by atoms with Crippen molar-refractivity contribution < 1.29 is 9.53 Å². The number of carbonyl (C=O) groups excluding carboxylic acids is 1. The van der Waals surface area contributed by atoms with Gasteiger partial charge in [-0.1, -0.05) is 28.9 Å². The van der Waals surface area contributed by atoms with Crippen LogP contribution in [0.3, 0.4) is 0 Å². The second-order valence-electron chi connectivity index (χ2n) is 6.56. The summed E-state index contributed by atoms with van der Waals surface area (Å²) in [7, 11) is 0. The number of anilines is 1. The largest absolute Gasteiger partial charge is 0.492 e. The Morgan fingerprint density at radius 2 is 2.19 bits per heavy atom. The third-order valence-electron chi connectivity index (χ3n) is 4.41. The molecule has 2 aromatic heterocycles. The molecular formula is C19H18BrN5O2. The van der Waals surface area contributed by atoms with Crippen LogP contribution in [0.15, 0.2) is 47.2 Å². The van der Waals surface area contributed by atoms with Crippen LogP contribution in [0.1, 0.15) is 23.7 Å². The van der Waals surface area contributed by atoms with Crippen LogP contribution in [-0.2, 0) is 6.54 Å². The molecule has 0 radical (unpaired) electrons. The molecule has 0 spiro atoms. The number of nitrogens with zero attached hydrogens (tertiary/aromatic N) is 4. The number of fused-ring (bicyclic) bond motifs is 5. The zero-order valence-corrected chi connectivity index (χ0v) is 16.3. The molecule has 0 saturated heterocycles. The Balaban J connectivity index is 1.76. The van der Waals surface area contributed by atoms with Crippen molar-refractivity contribution in [1.29, 1.82) is 0 Å². The molecule has 1 atom stereocenters. The van der Waals surface area contributed by atoms with E-state index in [9.17, 15) is 4.79 Å². The minimum Gasteiger partial charge on any atom is -0.492 e. The van der Waals surface area contributed by atoms with Crippen molar-refractivity contribution >= 4 is 27.7 Å². The predicted octanol–water partition coefficient (Wildman–Crippen LogP) is 3.77. The lowest BCUT2D eigenvalue weighted by molar-refractivity contribution is 0.102. The number of benzene rings is 1. The number of aromatic nitrogens is 4. The van der Waals surface area contributed by atoms with E-state index in [0.29, 0.717) is 41.2 Å². The molecule has 3 heterocycles. The van der Waals surface area contributed by atoms with Gasteiger partial charge < -0.3 is 14.6 Å². The standard InChI is InChI=1S/C19H18BrN5O2/c1-12-7-8-25-11-21-24-18(25)15-3-2-4-17(22-15)23-19(26)14-9-13(20)5-6-16(14)27-10-12/h2-6,9,11-12H,7-8,10H2,1H3,(H,22,23,26). The summed E-state index contributed by atoms with van der Waals surface area (Å²) in [6.45, 7) is 3.40. The van der Waals surface area contributed by atoms with E-state index in [2.05, 4.69) is 43.4 Å². The third kappa shape index (κ3) is 3.85. The molecule has 0 aliphatic carbocycles. The topological polar surface area (TPSA) is 81.9 Å². The van der Waals surface area contributed by atoms with Gasteiger partial charge in [-0.3, -0.25) is 4.79 Å². The van der Waals surface area contributed by atoms with Gasteiger partial charge in [0, 0.05) is 11.0 Å². The van der Waals surface area contributed by atoms with Gasteiger partial charge >= 0.3 is 0 Å². The van der Waals surface area contributed by atoms with Gasteiger partial charge in [0.05, 0.1) is 12.2 Å². The van der Waals surface area contributed by atoms with Crippen LogP contribution in [-0.4, -0.2) is 32.3 Å². The molecule has 1 N–H and O–H groups in total. The van der Waals surface area contributed by atoms with Crippen LogP contribution in [0.4, 0.5) is 5.82 Å². The molecule has 138 valence electrons. The normalized spacial score (nSPS) is 17.1. The lowest BCUT2D eigenvalue weighted by atomic mass is 10.1. The minimum absolute atomic E-state index is 0.276. The van der Waals surface area contributed by atoms with Crippen LogP contribution >= 0.6 is 15.9 Å². The zero-order chi connectivity index (χ0) is 18.8. The minimum atomic E-state index is -0.276. The maximum atomic E-state index is 12.8. The Kier molecular flexibility index (Phi) is 4.89. The first-order valence-electron chi connectivity index (χ1n) is 8.69. The van der Waals surface area contributed by atoms with Crippen molar-refractivity contribution in [1.82, 2.24) is 19.7 Å². The first-order chi connectivity index (χ1) is 13.1. The maximum absolute atomic E-state index is 12.8. The van der Waals surface area contributed by atoms with Crippen LogP contribution in [0.2, 0.25) is 0 Å². The Labute approximate surface area is 164 Å². The zero-order valence-electron chi connectivity index (χ0n) is 14.7. The molecule has 1 unspecified atom stereocenters. The van der Waals surface area contributed by atoms with E-state index in [1.54, 1.807) is 24.5 Å². The average molecular weight is 428 g/mol.